The van der Waals surface area contributed by atoms with Crippen LogP contribution in [-0.4, -0.2) is 81.2 Å². The first kappa shape index (κ1) is 21.6. The largest absolute Gasteiger partial charge is 0.459 e. The van der Waals surface area contributed by atoms with Crippen LogP contribution in [0, 0.1) is 11.8 Å². The van der Waals surface area contributed by atoms with Crippen molar-refractivity contribution in [3.8, 4) is 0 Å². The van der Waals surface area contributed by atoms with Crippen LogP contribution in [0.4, 0.5) is 0 Å². The molecule has 2 heterocycles. The number of aliphatic hydroxyl groups is 4. The summed E-state index contributed by atoms with van der Waals surface area (Å²) in [5.74, 6) is -1.46. The van der Waals surface area contributed by atoms with Crippen LogP contribution in [0.5, 0.6) is 0 Å². The summed E-state index contributed by atoms with van der Waals surface area (Å²) >= 11 is 0. The molecule has 9 nitrogen and oxygen atoms in total. The summed E-state index contributed by atoms with van der Waals surface area (Å²) in [6.45, 7) is 4.70. The van der Waals surface area contributed by atoms with Crippen LogP contribution < -0.4 is 0 Å². The van der Waals surface area contributed by atoms with Crippen LogP contribution in [-0.2, 0) is 23.8 Å². The lowest BCUT2D eigenvalue weighted by molar-refractivity contribution is -0.324. The standard InChI is InChI=1S/C21H28O9/c1-8-4-5-10-18(14-9(2)6-11(23)13(8)14)29-20(27)21(10,3)30-19-17(26)16(25)15(24)12(7-22)28-19/h6,10,12,14-19,22,24-26H,4-5,7H2,1-3H3/t10-,12-,14+,15-,16+,17-,18+,19+,21-/m1/s1. The van der Waals surface area contributed by atoms with Crippen LogP contribution in [0.2, 0.25) is 0 Å². The summed E-state index contributed by atoms with van der Waals surface area (Å²) in [5.41, 5.74) is 0.958. The van der Waals surface area contributed by atoms with Gasteiger partial charge in [-0.3, -0.25) is 4.79 Å². The summed E-state index contributed by atoms with van der Waals surface area (Å²) in [4.78, 5) is 25.4. The van der Waals surface area contributed by atoms with Gasteiger partial charge in [-0.05, 0) is 39.7 Å². The topological polar surface area (TPSA) is 143 Å². The Bertz CT molecular complexity index is 815. The number of fused-ring (bicyclic) bond motifs is 3. The molecule has 9 heteroatoms. The SMILES string of the molecule is CC1=CC(=O)C2=C(C)CC[C@@H]3[C@H](OC(=O)[C@]3(C)O[C@@H]3O[C@H](CO)[C@@H](O)[C@H](O)[C@H]3O)[C@@H]12. The molecule has 2 saturated heterocycles. The lowest BCUT2D eigenvalue weighted by atomic mass is 9.78. The highest BCUT2D eigenvalue weighted by Crippen LogP contribution is 2.50. The van der Waals surface area contributed by atoms with Gasteiger partial charge in [0.15, 0.2) is 17.7 Å². The van der Waals surface area contributed by atoms with E-state index in [0.717, 1.165) is 11.1 Å². The van der Waals surface area contributed by atoms with E-state index in [9.17, 15) is 30.0 Å². The highest BCUT2D eigenvalue weighted by Gasteiger charge is 2.61. The molecular weight excluding hydrogens is 396 g/mol. The molecule has 0 aromatic rings. The zero-order valence-corrected chi connectivity index (χ0v) is 17.1. The maximum absolute atomic E-state index is 12.9. The van der Waals surface area contributed by atoms with E-state index in [-0.39, 0.29) is 11.7 Å². The van der Waals surface area contributed by atoms with Crippen molar-refractivity contribution in [3.05, 3.63) is 22.8 Å². The Morgan fingerprint density at radius 3 is 2.53 bits per heavy atom. The van der Waals surface area contributed by atoms with Crippen LogP contribution in [0.15, 0.2) is 22.8 Å². The molecule has 0 spiro atoms. The normalized spacial score (nSPS) is 46.3. The van der Waals surface area contributed by atoms with Gasteiger partial charge in [-0.2, -0.15) is 0 Å². The molecule has 0 bridgehead atoms. The third-order valence-electron chi connectivity index (χ3n) is 7.01. The van der Waals surface area contributed by atoms with Crippen molar-refractivity contribution in [2.75, 3.05) is 6.61 Å². The third kappa shape index (κ3) is 3.07. The van der Waals surface area contributed by atoms with Gasteiger partial charge in [0, 0.05) is 17.4 Å². The van der Waals surface area contributed by atoms with Gasteiger partial charge >= 0.3 is 5.97 Å². The molecule has 166 valence electrons. The fourth-order valence-corrected chi connectivity index (χ4v) is 5.23. The monoisotopic (exact) mass is 424 g/mol. The molecule has 0 aromatic heterocycles. The predicted molar refractivity (Wildman–Crippen MR) is 101 cm³/mol. The molecular formula is C21H28O9. The van der Waals surface area contributed by atoms with Crippen LogP contribution >= 0.6 is 0 Å². The van der Waals surface area contributed by atoms with E-state index >= 15 is 0 Å². The van der Waals surface area contributed by atoms with E-state index in [0.29, 0.717) is 18.4 Å². The summed E-state index contributed by atoms with van der Waals surface area (Å²) in [6, 6.07) is 0. The lowest BCUT2D eigenvalue weighted by Crippen LogP contribution is -2.61. The van der Waals surface area contributed by atoms with Crippen LogP contribution in [0.25, 0.3) is 0 Å². The van der Waals surface area contributed by atoms with Crippen molar-refractivity contribution in [2.24, 2.45) is 11.8 Å². The molecule has 30 heavy (non-hydrogen) atoms. The Morgan fingerprint density at radius 2 is 1.87 bits per heavy atom. The minimum absolute atomic E-state index is 0.0600. The Balaban J connectivity index is 1.63. The summed E-state index contributed by atoms with van der Waals surface area (Å²) in [7, 11) is 0. The molecule has 0 amide bonds. The predicted octanol–water partition coefficient (Wildman–Crippen LogP) is -0.641. The van der Waals surface area contributed by atoms with Gasteiger partial charge in [0.2, 0.25) is 0 Å². The zero-order chi connectivity index (χ0) is 22.0. The van der Waals surface area contributed by atoms with E-state index in [1.165, 1.54) is 0 Å². The van der Waals surface area contributed by atoms with Crippen molar-refractivity contribution in [3.63, 3.8) is 0 Å². The van der Waals surface area contributed by atoms with Crippen molar-refractivity contribution < 1.29 is 44.2 Å². The molecule has 9 atom stereocenters. The van der Waals surface area contributed by atoms with Gasteiger partial charge in [0.25, 0.3) is 0 Å². The smallest absolute Gasteiger partial charge is 0.339 e. The first-order valence-electron chi connectivity index (χ1n) is 10.2. The molecule has 2 aliphatic carbocycles. The van der Waals surface area contributed by atoms with Gasteiger partial charge in [0.1, 0.15) is 30.5 Å². The Kier molecular flexibility index (Phi) is 5.41. The quantitative estimate of drug-likeness (QED) is 0.435. The number of rotatable bonds is 3. The van der Waals surface area contributed by atoms with Gasteiger partial charge in [0.05, 0.1) is 6.61 Å². The second kappa shape index (κ2) is 7.51. The molecule has 0 radical (unpaired) electrons. The molecule has 2 fully saturated rings. The first-order chi connectivity index (χ1) is 14.1. The van der Waals surface area contributed by atoms with E-state index in [4.69, 9.17) is 14.2 Å². The molecule has 4 rings (SSSR count). The molecule has 2 aliphatic heterocycles. The van der Waals surface area contributed by atoms with Crippen molar-refractivity contribution in [1.82, 2.24) is 0 Å². The second-order valence-electron chi connectivity index (χ2n) is 8.86. The van der Waals surface area contributed by atoms with Crippen molar-refractivity contribution >= 4 is 11.8 Å². The van der Waals surface area contributed by atoms with Crippen molar-refractivity contribution in [1.29, 1.82) is 0 Å². The third-order valence-corrected chi connectivity index (χ3v) is 7.01. The number of hydrogen-bond donors (Lipinski definition) is 4. The average Bonchev–Trinajstić information content (AvgIpc) is 3.05. The van der Waals surface area contributed by atoms with E-state index < -0.39 is 60.9 Å². The maximum Gasteiger partial charge on any atom is 0.339 e. The number of aliphatic hydroxyl groups excluding tert-OH is 4. The number of allylic oxidation sites excluding steroid dienone is 2. The molecule has 4 N–H and O–H groups in total. The summed E-state index contributed by atoms with van der Waals surface area (Å²) in [6.07, 6.45) is -5.26. The second-order valence-corrected chi connectivity index (χ2v) is 8.86. The van der Waals surface area contributed by atoms with E-state index in [1.807, 2.05) is 13.8 Å². The zero-order valence-electron chi connectivity index (χ0n) is 17.1. The van der Waals surface area contributed by atoms with Gasteiger partial charge < -0.3 is 34.6 Å². The number of esters is 1. The summed E-state index contributed by atoms with van der Waals surface area (Å²) in [5, 5.41) is 39.8. The number of carbonyl (C=O) groups is 2. The highest BCUT2D eigenvalue weighted by molar-refractivity contribution is 6.09. The molecule has 0 saturated carbocycles. The average molecular weight is 424 g/mol. The van der Waals surface area contributed by atoms with Gasteiger partial charge in [-0.1, -0.05) is 11.1 Å². The van der Waals surface area contributed by atoms with Gasteiger partial charge in [-0.25, -0.2) is 4.79 Å². The molecule has 0 unspecified atom stereocenters. The minimum atomic E-state index is -1.62. The van der Waals surface area contributed by atoms with Gasteiger partial charge in [-0.15, -0.1) is 0 Å². The molecule has 0 aromatic carbocycles. The van der Waals surface area contributed by atoms with E-state index in [2.05, 4.69) is 0 Å². The number of carbonyl (C=O) groups excluding carboxylic acids is 2. The Labute approximate surface area is 173 Å². The van der Waals surface area contributed by atoms with Crippen LogP contribution in [0.1, 0.15) is 33.6 Å². The lowest BCUT2D eigenvalue weighted by Gasteiger charge is -2.42. The summed E-state index contributed by atoms with van der Waals surface area (Å²) < 4.78 is 17.1. The van der Waals surface area contributed by atoms with Crippen LogP contribution in [0.3, 0.4) is 0 Å². The minimum Gasteiger partial charge on any atom is -0.459 e. The van der Waals surface area contributed by atoms with Crippen molar-refractivity contribution in [2.45, 2.75) is 76.0 Å². The highest BCUT2D eigenvalue weighted by atomic mass is 16.7. The Morgan fingerprint density at radius 1 is 1.17 bits per heavy atom. The number of hydrogen-bond acceptors (Lipinski definition) is 9. The fraction of sp³-hybridized carbons (Fsp3) is 0.714. The first-order valence-corrected chi connectivity index (χ1v) is 10.2. The molecule has 4 aliphatic rings. The fourth-order valence-electron chi connectivity index (χ4n) is 5.23. The number of ether oxygens (including phenoxy) is 3. The van der Waals surface area contributed by atoms with E-state index in [1.54, 1.807) is 13.0 Å². The maximum atomic E-state index is 12.9. The Hall–Kier alpha value is -1.62. The number of ketones is 1.